The van der Waals surface area contributed by atoms with E-state index in [2.05, 4.69) is 72.8 Å². The minimum atomic E-state index is -4.97. The third kappa shape index (κ3) is 67.8. The second kappa shape index (κ2) is 68.0. The molecule has 0 aromatic rings. The average Bonchev–Trinajstić information content (AvgIpc) is 1.54. The molecule has 0 aliphatic rings. The lowest BCUT2D eigenvalue weighted by atomic mass is 9.99. The minimum Gasteiger partial charge on any atom is -0.462 e. The van der Waals surface area contributed by atoms with E-state index in [0.717, 1.165) is 127 Å². The summed E-state index contributed by atoms with van der Waals surface area (Å²) in [5.74, 6) is 0.168. The van der Waals surface area contributed by atoms with Crippen LogP contribution in [0.15, 0.2) is 24.3 Å². The monoisotopic (exact) mass is 1420 g/mol. The maximum Gasteiger partial charge on any atom is 0.472 e. The molecule has 0 radical (unpaired) electrons. The summed E-state index contributed by atoms with van der Waals surface area (Å²) in [6.45, 7) is 11.8. The first-order valence-corrected chi connectivity index (χ1v) is 42.8. The van der Waals surface area contributed by atoms with Crippen molar-refractivity contribution in [3.8, 4) is 0 Å². The van der Waals surface area contributed by atoms with Gasteiger partial charge in [-0.1, -0.05) is 323 Å². The van der Waals surface area contributed by atoms with Gasteiger partial charge in [0.25, 0.3) is 0 Å². The maximum atomic E-state index is 13.1. The summed E-state index contributed by atoms with van der Waals surface area (Å²) in [7, 11) is -9.93. The van der Waals surface area contributed by atoms with Gasteiger partial charge < -0.3 is 33.8 Å². The van der Waals surface area contributed by atoms with Crippen LogP contribution in [0.4, 0.5) is 0 Å². The molecule has 0 saturated heterocycles. The molecule has 19 heteroatoms. The Kier molecular flexibility index (Phi) is 66.3. The van der Waals surface area contributed by atoms with E-state index in [0.29, 0.717) is 25.7 Å². The van der Waals surface area contributed by atoms with Crippen molar-refractivity contribution in [3.63, 3.8) is 0 Å². The first-order valence-electron chi connectivity index (χ1n) is 39.8. The van der Waals surface area contributed by atoms with E-state index in [4.69, 9.17) is 37.0 Å². The zero-order valence-electron chi connectivity index (χ0n) is 63.0. The van der Waals surface area contributed by atoms with E-state index in [1.165, 1.54) is 167 Å². The molecule has 0 heterocycles. The lowest BCUT2D eigenvalue weighted by Crippen LogP contribution is -2.30. The number of carbonyl (C=O) groups excluding carboxylic acids is 4. The van der Waals surface area contributed by atoms with E-state index in [1.54, 1.807) is 0 Å². The maximum absolute atomic E-state index is 13.1. The number of allylic oxidation sites excluding steroid dienone is 4. The van der Waals surface area contributed by atoms with Crippen molar-refractivity contribution in [2.75, 3.05) is 39.6 Å². The first kappa shape index (κ1) is 94.5. The van der Waals surface area contributed by atoms with Crippen LogP contribution in [0.1, 0.15) is 376 Å². The topological polar surface area (TPSA) is 237 Å². The first-order chi connectivity index (χ1) is 46.8. The van der Waals surface area contributed by atoms with Crippen molar-refractivity contribution >= 4 is 39.5 Å². The van der Waals surface area contributed by atoms with Crippen LogP contribution in [0.3, 0.4) is 0 Å². The van der Waals surface area contributed by atoms with Crippen molar-refractivity contribution in [2.24, 2.45) is 17.8 Å². The summed E-state index contributed by atoms with van der Waals surface area (Å²) in [4.78, 5) is 72.8. The Morgan fingerprint density at radius 1 is 0.330 bits per heavy atom. The fourth-order valence-electron chi connectivity index (χ4n) is 11.3. The van der Waals surface area contributed by atoms with Crippen LogP contribution >= 0.6 is 15.6 Å². The molecule has 0 aromatic heterocycles. The number of rotatable bonds is 74. The molecular formula is C78H148O17P2. The smallest absolute Gasteiger partial charge is 0.462 e. The van der Waals surface area contributed by atoms with Gasteiger partial charge in [0.15, 0.2) is 12.2 Å². The second-order valence-electron chi connectivity index (χ2n) is 28.1. The molecule has 97 heavy (non-hydrogen) atoms. The van der Waals surface area contributed by atoms with Crippen molar-refractivity contribution in [2.45, 2.75) is 394 Å². The molecule has 3 N–H and O–H groups in total. The molecule has 0 amide bonds. The van der Waals surface area contributed by atoms with Gasteiger partial charge in [-0.25, -0.2) is 9.13 Å². The van der Waals surface area contributed by atoms with Crippen molar-refractivity contribution < 1.29 is 80.2 Å². The SMILES string of the molecule is CCCCCC/C=C\C=C/CCCCCCCC(=O)O[C@H](COC(=O)CCCCCCCCCCCCCCCCCCCCC(C)CC)COP(=O)(O)OC[C@@H](O)COP(=O)(O)OC[C@@H](COC(=O)CCCCCCCCC(C)CC)OC(=O)CCCCCCCCC(C)CC. The highest BCUT2D eigenvalue weighted by Crippen LogP contribution is 2.45. The number of aliphatic hydroxyl groups excluding tert-OH is 1. The van der Waals surface area contributed by atoms with Gasteiger partial charge in [0.1, 0.15) is 19.3 Å². The molecule has 0 spiro atoms. The summed E-state index contributed by atoms with van der Waals surface area (Å²) in [5.41, 5.74) is 0. The van der Waals surface area contributed by atoms with Crippen LogP contribution in [0.2, 0.25) is 0 Å². The van der Waals surface area contributed by atoms with Gasteiger partial charge in [-0.15, -0.1) is 0 Å². The molecule has 0 aromatic carbocycles. The van der Waals surface area contributed by atoms with E-state index < -0.39 is 97.5 Å². The molecule has 0 aliphatic heterocycles. The van der Waals surface area contributed by atoms with E-state index in [-0.39, 0.29) is 25.7 Å². The summed E-state index contributed by atoms with van der Waals surface area (Å²) >= 11 is 0. The predicted molar refractivity (Wildman–Crippen MR) is 395 cm³/mol. The number of phosphoric ester groups is 2. The number of carbonyl (C=O) groups is 4. The number of aliphatic hydroxyl groups is 1. The van der Waals surface area contributed by atoms with Gasteiger partial charge in [0.05, 0.1) is 26.4 Å². The quantitative estimate of drug-likeness (QED) is 0.0169. The van der Waals surface area contributed by atoms with Gasteiger partial charge in [0, 0.05) is 25.7 Å². The highest BCUT2D eigenvalue weighted by atomic mass is 31.2. The fraction of sp³-hybridized carbons (Fsp3) is 0.897. The largest absolute Gasteiger partial charge is 0.472 e. The second-order valence-corrected chi connectivity index (χ2v) is 31.0. The Labute approximate surface area is 592 Å². The van der Waals surface area contributed by atoms with E-state index in [9.17, 15) is 43.2 Å². The van der Waals surface area contributed by atoms with Gasteiger partial charge in [-0.2, -0.15) is 0 Å². The molecule has 5 unspecified atom stereocenters. The van der Waals surface area contributed by atoms with Gasteiger partial charge >= 0.3 is 39.5 Å². The third-order valence-electron chi connectivity index (χ3n) is 18.6. The zero-order chi connectivity index (χ0) is 71.6. The van der Waals surface area contributed by atoms with E-state index in [1.807, 2.05) is 0 Å². The highest BCUT2D eigenvalue weighted by molar-refractivity contribution is 7.47. The molecule has 17 nitrogen and oxygen atoms in total. The summed E-state index contributed by atoms with van der Waals surface area (Å²) in [6.07, 6.45) is 57.9. The summed E-state index contributed by atoms with van der Waals surface area (Å²) in [6, 6.07) is 0. The van der Waals surface area contributed by atoms with Crippen LogP contribution < -0.4 is 0 Å². The Hall–Kier alpha value is -2.46. The van der Waals surface area contributed by atoms with Crippen LogP contribution in [-0.2, 0) is 65.4 Å². The fourth-order valence-corrected chi connectivity index (χ4v) is 12.9. The Morgan fingerprint density at radius 2 is 0.577 bits per heavy atom. The number of ether oxygens (including phenoxy) is 4. The Morgan fingerprint density at radius 3 is 0.866 bits per heavy atom. The van der Waals surface area contributed by atoms with Gasteiger partial charge in [-0.3, -0.25) is 37.3 Å². The number of phosphoric acid groups is 2. The van der Waals surface area contributed by atoms with Crippen molar-refractivity contribution in [1.82, 2.24) is 0 Å². The number of esters is 4. The van der Waals surface area contributed by atoms with Crippen LogP contribution in [0.25, 0.3) is 0 Å². The standard InChI is InChI=1S/C78H148O17P2/c1-8-12-13-14-15-16-17-18-23-28-31-34-37-47-54-61-77(82)94-73(65-88-75(80)59-52-45-36-33-30-27-25-22-20-19-21-24-26-29-32-35-42-49-56-69(5)9-2)67-92-96(84,85)90-63-72(79)64-91-97(86,87)93-68-74(95-78(83)62-55-48-41-39-44-51-58-71(7)11-4)66-89-76(81)60-53-46-40-38-43-50-57-70(6)10-3/h16-18,23,69-74,79H,8-15,19-22,24-68H2,1-7H3,(H,84,85)(H,86,87)/b17-16-,23-18-/t69?,70?,71?,72-,73-,74-/m1/s1. The lowest BCUT2D eigenvalue weighted by Gasteiger charge is -2.21. The lowest BCUT2D eigenvalue weighted by molar-refractivity contribution is -0.161. The number of unbranched alkanes of at least 4 members (excludes halogenated alkanes) is 36. The normalized spacial score (nSPS) is 15.0. The van der Waals surface area contributed by atoms with Crippen molar-refractivity contribution in [1.29, 1.82) is 0 Å². The predicted octanol–water partition coefficient (Wildman–Crippen LogP) is 22.5. The Balaban J connectivity index is 5.21. The molecule has 572 valence electrons. The van der Waals surface area contributed by atoms with Crippen LogP contribution in [0, 0.1) is 17.8 Å². The molecular weight excluding hydrogens is 1270 g/mol. The molecule has 0 aliphatic carbocycles. The van der Waals surface area contributed by atoms with Gasteiger partial charge in [-0.05, 0) is 69.1 Å². The number of hydrogen-bond acceptors (Lipinski definition) is 15. The summed E-state index contributed by atoms with van der Waals surface area (Å²) < 4.78 is 68.4. The van der Waals surface area contributed by atoms with Crippen LogP contribution in [-0.4, -0.2) is 96.7 Å². The molecule has 0 saturated carbocycles. The third-order valence-corrected chi connectivity index (χ3v) is 20.5. The molecule has 0 rings (SSSR count). The number of hydrogen-bond donors (Lipinski definition) is 3. The zero-order valence-corrected chi connectivity index (χ0v) is 64.8. The highest BCUT2D eigenvalue weighted by Gasteiger charge is 2.30. The Bertz CT molecular complexity index is 1990. The molecule has 0 bridgehead atoms. The average molecular weight is 1420 g/mol. The van der Waals surface area contributed by atoms with Crippen molar-refractivity contribution in [3.05, 3.63) is 24.3 Å². The van der Waals surface area contributed by atoms with Crippen LogP contribution in [0.5, 0.6) is 0 Å². The minimum absolute atomic E-state index is 0.0850. The van der Waals surface area contributed by atoms with E-state index >= 15 is 0 Å². The molecule has 0 fully saturated rings. The summed E-state index contributed by atoms with van der Waals surface area (Å²) in [5, 5.41) is 10.6. The van der Waals surface area contributed by atoms with Gasteiger partial charge in [0.2, 0.25) is 0 Å². The molecule has 8 atom stereocenters.